The van der Waals surface area contributed by atoms with E-state index in [1.165, 1.54) is 0 Å². The van der Waals surface area contributed by atoms with Gasteiger partial charge in [0, 0.05) is 0 Å². The molecule has 0 unspecified atom stereocenters. The molecule has 34 heteroatoms. The number of carbonyl (C=O) groups is 21. The summed E-state index contributed by atoms with van der Waals surface area (Å²) in [5, 5.41) is 67.4. The molecule has 0 amide bonds. The first-order valence-corrected chi connectivity index (χ1v) is 15.9. The Bertz CT molecular complexity index is 1510. The molecule has 0 aliphatic heterocycles. The molecule has 398 valence electrons. The summed E-state index contributed by atoms with van der Waals surface area (Å²) < 4.78 is 0. The minimum absolute atomic E-state index is 0. The maximum atomic E-state index is 10.1. The summed E-state index contributed by atoms with van der Waals surface area (Å²) in [5.74, 6) is -24.0. The van der Waals surface area contributed by atoms with Crippen LogP contribution in [-0.4, -0.2) is 123 Å². The van der Waals surface area contributed by atoms with Crippen LogP contribution in [0.3, 0.4) is 0 Å². The molecule has 0 aromatic rings. The summed E-state index contributed by atoms with van der Waals surface area (Å²) in [6, 6.07) is 0. The zero-order valence-electron chi connectivity index (χ0n) is 35.8. The van der Waals surface area contributed by atoms with Gasteiger partial charge in [0.15, 0.2) is 40.5 Å². The van der Waals surface area contributed by atoms with Gasteiger partial charge in [-0.2, -0.15) is 0 Å². The molecule has 0 heterocycles. The third kappa shape index (κ3) is 90.7. The van der Waals surface area contributed by atoms with Gasteiger partial charge in [-0.05, 0) is 48.5 Å². The number of carbonyl (C=O) groups excluding carboxylic acids is 21. The minimum Gasteiger partial charge on any atom is -0.542 e. The zero-order chi connectivity index (χ0) is 52.1. The van der Waals surface area contributed by atoms with E-state index in [9.17, 15) is 136 Å². The Hall–Kier alpha value is -4.36. The van der Waals surface area contributed by atoms with Gasteiger partial charge >= 0.3 is 123 Å². The van der Waals surface area contributed by atoms with E-state index in [2.05, 4.69) is 0 Å². The molecular weight excluding hydrogens is 1510 g/mol. The van der Waals surface area contributed by atoms with Gasteiger partial charge in [-0.1, -0.05) is 0 Å². The quantitative estimate of drug-likeness (QED) is 0.0585. The van der Waals surface area contributed by atoms with Gasteiger partial charge in [-0.3, -0.25) is 67.1 Å². The molecule has 0 fully saturated rings. The predicted octanol–water partition coefficient (Wildman–Crippen LogP) is -12.0. The van der Waals surface area contributed by atoms with Crippen LogP contribution in [0.15, 0.2) is 0 Å². The van der Waals surface area contributed by atoms with Gasteiger partial charge in [-0.25, -0.2) is 0 Å². The van der Waals surface area contributed by atoms with Crippen LogP contribution in [0.4, 0.5) is 0 Å². The Labute approximate surface area is 471 Å². The maximum absolute atomic E-state index is 10.1. The second-order valence-corrected chi connectivity index (χ2v) is 11.1. The maximum Gasteiger partial charge on any atom is 2.00 e. The Morgan fingerprint density at radius 1 is 0.188 bits per heavy atom. The van der Waals surface area contributed by atoms with Crippen molar-refractivity contribution in [3.05, 3.63) is 0 Å². The number of hydrogen-bond acceptors (Lipinski definition) is 28. The molecule has 0 aliphatic carbocycles. The van der Waals surface area contributed by atoms with E-state index in [0.29, 0.717) is 0 Å². The van der Waals surface area contributed by atoms with Gasteiger partial charge < -0.3 is 69.3 Å². The average molecular weight is 1540 g/mol. The van der Waals surface area contributed by atoms with Gasteiger partial charge in [-0.15, -0.1) is 0 Å². The van der Waals surface area contributed by atoms with Crippen LogP contribution < -0.4 is 35.7 Å². The Kier molecular flexibility index (Phi) is 82.5. The fourth-order valence-corrected chi connectivity index (χ4v) is 2.09. The van der Waals surface area contributed by atoms with Crippen LogP contribution >= 0.6 is 0 Å². The summed E-state index contributed by atoms with van der Waals surface area (Å²) in [7, 11) is 0. The van der Waals surface area contributed by atoms with E-state index in [1.807, 2.05) is 0 Å². The molecular formula is C35H35O28Pd6+5. The first kappa shape index (κ1) is 98.2. The third-order valence-corrected chi connectivity index (χ3v) is 4.46. The first-order valence-electron chi connectivity index (χ1n) is 15.9. The number of aliphatic carboxylic acids is 7. The van der Waals surface area contributed by atoms with Gasteiger partial charge in [0.05, 0.1) is 44.9 Å². The fourth-order valence-electron chi connectivity index (χ4n) is 2.09. The van der Waals surface area contributed by atoms with Crippen LogP contribution in [0.2, 0.25) is 0 Å². The molecule has 0 atom stereocenters. The van der Waals surface area contributed by atoms with Crippen LogP contribution in [0, 0.1) is 0 Å². The molecule has 0 rings (SSSR count). The molecule has 0 saturated carbocycles. The number of carboxylic acids is 7. The number of hydrogen-bond donors (Lipinski definition) is 0. The molecule has 0 aromatic carbocycles. The van der Waals surface area contributed by atoms with E-state index < -0.39 is 168 Å². The Balaban J connectivity index is -0.0000000475. The predicted molar refractivity (Wildman–Crippen MR) is 177 cm³/mol. The SMILES string of the molecule is CC(=O)CC(=O)C(=O)[O-].CC(=O)CC(=O)C(=O)[O-].CC(=O)CC(=O)C(=O)[O-].CC(=O)CC(=O)C(=O)[O-].CC(=O)CC(=O)C(=O)[O-].CC(=O)CC(=O)C(=O)[O-].CC(=O)CC(=O)C(=O)[O-].[Pd+2].[Pd+2].[Pd+2].[Pd+2].[Pd+2].[Pd+2]. The van der Waals surface area contributed by atoms with Crippen molar-refractivity contribution >= 4 is 123 Å². The van der Waals surface area contributed by atoms with Crippen molar-refractivity contribution in [2.45, 2.75) is 93.4 Å². The van der Waals surface area contributed by atoms with Crippen molar-refractivity contribution in [2.75, 3.05) is 0 Å². The molecule has 0 aliphatic rings. The first-order chi connectivity index (χ1) is 28.3. The van der Waals surface area contributed by atoms with E-state index in [0.717, 1.165) is 48.5 Å². The smallest absolute Gasteiger partial charge is 0.542 e. The Morgan fingerprint density at radius 2 is 0.246 bits per heavy atom. The van der Waals surface area contributed by atoms with Crippen molar-refractivity contribution in [2.24, 2.45) is 0 Å². The monoisotopic (exact) mass is 1540 g/mol. The van der Waals surface area contributed by atoms with Gasteiger partial charge in [0.2, 0.25) is 0 Å². The Morgan fingerprint density at radius 3 is 0.261 bits per heavy atom. The standard InChI is InChI=1S/7C5H6O4.6Pd/c7*1-3(6)2-4(7)5(8)9;;;;;;/h7*2H2,1H3,(H,8,9);;;;;;/q;;;;;;;6*+2/p-7. The van der Waals surface area contributed by atoms with E-state index in [1.54, 1.807) is 0 Å². The largest absolute Gasteiger partial charge is 2.00 e. The molecule has 28 nitrogen and oxygen atoms in total. The third-order valence-electron chi connectivity index (χ3n) is 4.46. The normalized spacial score (nSPS) is 7.81. The second-order valence-electron chi connectivity index (χ2n) is 11.1. The number of carboxylic acid groups (broad SMARTS) is 7. The van der Waals surface area contributed by atoms with Crippen molar-refractivity contribution in [3.63, 3.8) is 0 Å². The average Bonchev–Trinajstić information content (AvgIpc) is 3.07. The zero-order valence-corrected chi connectivity index (χ0v) is 45.1. The van der Waals surface area contributed by atoms with Gasteiger partial charge in [0.1, 0.15) is 82.3 Å². The summed E-state index contributed by atoms with van der Waals surface area (Å²) in [6.07, 6.45) is -3.97. The van der Waals surface area contributed by atoms with Crippen LogP contribution in [0.1, 0.15) is 93.4 Å². The topological polar surface area (TPSA) is 520 Å². The summed E-state index contributed by atoms with van der Waals surface area (Å²) in [4.78, 5) is 208. The van der Waals surface area contributed by atoms with Gasteiger partial charge in [0.25, 0.3) is 0 Å². The van der Waals surface area contributed by atoms with E-state index in [4.69, 9.17) is 0 Å². The minimum atomic E-state index is -1.80. The summed E-state index contributed by atoms with van der Waals surface area (Å²) in [6.45, 7) is 7.98. The molecule has 69 heavy (non-hydrogen) atoms. The number of Topliss-reactive ketones (excluding diaryl/α,β-unsaturated/α-hetero) is 14. The van der Waals surface area contributed by atoms with Crippen molar-refractivity contribution < 1.29 is 259 Å². The molecule has 0 spiro atoms. The van der Waals surface area contributed by atoms with E-state index in [-0.39, 0.29) is 123 Å². The second kappa shape index (κ2) is 58.0. The summed E-state index contributed by atoms with van der Waals surface area (Å²) >= 11 is 0. The van der Waals surface area contributed by atoms with Crippen molar-refractivity contribution in [1.82, 2.24) is 0 Å². The molecule has 0 radical (unpaired) electrons. The molecule has 0 N–H and O–H groups in total. The number of ketones is 14. The van der Waals surface area contributed by atoms with Crippen LogP contribution in [0.5, 0.6) is 0 Å². The molecule has 0 aromatic heterocycles. The van der Waals surface area contributed by atoms with Crippen LogP contribution in [-0.2, 0) is 223 Å². The fraction of sp³-hybridized carbons (Fsp3) is 0.400. The van der Waals surface area contributed by atoms with Crippen LogP contribution in [0.25, 0.3) is 0 Å². The molecule has 0 bridgehead atoms. The molecule has 0 saturated heterocycles. The van der Waals surface area contributed by atoms with Crippen molar-refractivity contribution in [1.29, 1.82) is 0 Å². The van der Waals surface area contributed by atoms with E-state index >= 15 is 0 Å². The number of rotatable bonds is 21. The summed E-state index contributed by atoms with van der Waals surface area (Å²) in [5.41, 5.74) is 0. The van der Waals surface area contributed by atoms with Crippen molar-refractivity contribution in [3.8, 4) is 0 Å².